The van der Waals surface area contributed by atoms with E-state index >= 15 is 0 Å². The Hall–Kier alpha value is -2.08. The summed E-state index contributed by atoms with van der Waals surface area (Å²) in [6.07, 6.45) is 4.04. The van der Waals surface area contributed by atoms with E-state index in [1.54, 1.807) is 6.20 Å². The normalized spacial score (nSPS) is 17.6. The highest BCUT2D eigenvalue weighted by molar-refractivity contribution is 5.94. The molecule has 0 atom stereocenters. The lowest BCUT2D eigenvalue weighted by molar-refractivity contribution is 0.518. The van der Waals surface area contributed by atoms with Gasteiger partial charge in [-0.25, -0.2) is 0 Å². The van der Waals surface area contributed by atoms with Crippen molar-refractivity contribution in [2.24, 2.45) is 0 Å². The first-order chi connectivity index (χ1) is 9.13. The largest absolute Gasteiger partial charge is 0.365 e. The maximum absolute atomic E-state index is 9.39. The summed E-state index contributed by atoms with van der Waals surface area (Å²) in [7, 11) is 0. The number of nitriles is 1. The standard InChI is InChI=1S/C16H17N3/c1-16(2)8-5-9-19(16)15-12(10-17)11-18-14-7-4-3-6-13(14)15/h3-4,6-7,11H,5,8-9H2,1-2H3. The Labute approximate surface area is 113 Å². The van der Waals surface area contributed by atoms with Crippen molar-refractivity contribution in [2.45, 2.75) is 32.2 Å². The van der Waals surface area contributed by atoms with E-state index in [4.69, 9.17) is 0 Å². The van der Waals surface area contributed by atoms with Crippen molar-refractivity contribution in [3.8, 4) is 6.07 Å². The molecule has 1 aliphatic rings. The zero-order chi connectivity index (χ0) is 13.5. The molecule has 1 aromatic heterocycles. The van der Waals surface area contributed by atoms with Crippen molar-refractivity contribution in [3.05, 3.63) is 36.0 Å². The number of fused-ring (bicyclic) bond motifs is 1. The van der Waals surface area contributed by atoms with E-state index in [0.29, 0.717) is 5.56 Å². The van der Waals surface area contributed by atoms with Gasteiger partial charge in [-0.2, -0.15) is 5.26 Å². The van der Waals surface area contributed by atoms with Crippen LogP contribution in [0.2, 0.25) is 0 Å². The predicted octanol–water partition coefficient (Wildman–Crippen LogP) is 3.49. The third-order valence-corrected chi connectivity index (χ3v) is 4.04. The van der Waals surface area contributed by atoms with Gasteiger partial charge in [-0.05, 0) is 32.8 Å². The van der Waals surface area contributed by atoms with E-state index in [-0.39, 0.29) is 5.54 Å². The fourth-order valence-electron chi connectivity index (χ4n) is 3.02. The first kappa shape index (κ1) is 12.0. The lowest BCUT2D eigenvalue weighted by atomic mass is 9.99. The molecule has 1 aromatic carbocycles. The average Bonchev–Trinajstić information content (AvgIpc) is 2.76. The van der Waals surface area contributed by atoms with Crippen LogP contribution in [0, 0.1) is 11.3 Å². The van der Waals surface area contributed by atoms with Crippen molar-refractivity contribution < 1.29 is 0 Å². The molecule has 0 spiro atoms. The van der Waals surface area contributed by atoms with Crippen LogP contribution < -0.4 is 4.90 Å². The quantitative estimate of drug-likeness (QED) is 0.779. The highest BCUT2D eigenvalue weighted by Gasteiger charge is 2.34. The van der Waals surface area contributed by atoms with Crippen LogP contribution in [0.25, 0.3) is 10.9 Å². The van der Waals surface area contributed by atoms with Crippen LogP contribution in [-0.4, -0.2) is 17.1 Å². The van der Waals surface area contributed by atoms with Crippen molar-refractivity contribution >= 4 is 16.6 Å². The Kier molecular flexibility index (Phi) is 2.67. The molecule has 0 amide bonds. The number of rotatable bonds is 1. The topological polar surface area (TPSA) is 39.9 Å². The molecular weight excluding hydrogens is 234 g/mol. The molecule has 1 fully saturated rings. The highest BCUT2D eigenvalue weighted by atomic mass is 15.2. The summed E-state index contributed by atoms with van der Waals surface area (Å²) >= 11 is 0. The Morgan fingerprint density at radius 1 is 1.32 bits per heavy atom. The summed E-state index contributed by atoms with van der Waals surface area (Å²) in [5, 5.41) is 10.5. The molecular formula is C16H17N3. The molecule has 2 aromatic rings. The molecule has 0 saturated carbocycles. The van der Waals surface area contributed by atoms with Crippen LogP contribution in [0.1, 0.15) is 32.3 Å². The Morgan fingerprint density at radius 3 is 2.79 bits per heavy atom. The van der Waals surface area contributed by atoms with E-state index in [0.717, 1.165) is 29.6 Å². The van der Waals surface area contributed by atoms with E-state index in [1.165, 1.54) is 6.42 Å². The molecule has 2 heterocycles. The van der Waals surface area contributed by atoms with E-state index < -0.39 is 0 Å². The van der Waals surface area contributed by atoms with Gasteiger partial charge in [0.05, 0.1) is 16.8 Å². The fourth-order valence-corrected chi connectivity index (χ4v) is 3.02. The first-order valence-corrected chi connectivity index (χ1v) is 6.69. The van der Waals surface area contributed by atoms with E-state index in [1.807, 2.05) is 18.2 Å². The molecule has 19 heavy (non-hydrogen) atoms. The van der Waals surface area contributed by atoms with Gasteiger partial charge in [0.15, 0.2) is 0 Å². The van der Waals surface area contributed by atoms with Crippen LogP contribution >= 0.6 is 0 Å². The maximum atomic E-state index is 9.39. The molecule has 3 heteroatoms. The van der Waals surface area contributed by atoms with Crippen molar-refractivity contribution in [3.63, 3.8) is 0 Å². The van der Waals surface area contributed by atoms with Gasteiger partial charge >= 0.3 is 0 Å². The predicted molar refractivity (Wildman–Crippen MR) is 77.1 cm³/mol. The number of hydrogen-bond donors (Lipinski definition) is 0. The molecule has 0 bridgehead atoms. The average molecular weight is 251 g/mol. The highest BCUT2D eigenvalue weighted by Crippen LogP contribution is 2.38. The minimum atomic E-state index is 0.107. The number of para-hydroxylation sites is 1. The van der Waals surface area contributed by atoms with Gasteiger partial charge in [-0.15, -0.1) is 0 Å². The summed E-state index contributed by atoms with van der Waals surface area (Å²) in [6.45, 7) is 5.50. The Morgan fingerprint density at radius 2 is 2.11 bits per heavy atom. The zero-order valence-corrected chi connectivity index (χ0v) is 11.3. The number of benzene rings is 1. The second-order valence-electron chi connectivity index (χ2n) is 5.72. The number of anilines is 1. The van der Waals surface area contributed by atoms with Crippen LogP contribution in [0.15, 0.2) is 30.5 Å². The lowest BCUT2D eigenvalue weighted by Gasteiger charge is -2.35. The second-order valence-corrected chi connectivity index (χ2v) is 5.72. The van der Waals surface area contributed by atoms with Crippen LogP contribution in [0.4, 0.5) is 5.69 Å². The monoisotopic (exact) mass is 251 g/mol. The van der Waals surface area contributed by atoms with Crippen molar-refractivity contribution in [1.82, 2.24) is 4.98 Å². The third-order valence-electron chi connectivity index (χ3n) is 4.04. The van der Waals surface area contributed by atoms with Gasteiger partial charge < -0.3 is 4.90 Å². The number of aromatic nitrogens is 1. The summed E-state index contributed by atoms with van der Waals surface area (Å²) in [5.41, 5.74) is 2.79. The molecule has 3 rings (SSSR count). The van der Waals surface area contributed by atoms with Crippen LogP contribution in [0.3, 0.4) is 0 Å². The Bertz CT molecular complexity index is 667. The third kappa shape index (κ3) is 1.84. The van der Waals surface area contributed by atoms with Crippen molar-refractivity contribution in [1.29, 1.82) is 5.26 Å². The van der Waals surface area contributed by atoms with E-state index in [9.17, 15) is 5.26 Å². The van der Waals surface area contributed by atoms with Gasteiger partial charge in [-0.3, -0.25) is 4.98 Å². The minimum absolute atomic E-state index is 0.107. The van der Waals surface area contributed by atoms with Crippen LogP contribution in [0.5, 0.6) is 0 Å². The molecule has 3 nitrogen and oxygen atoms in total. The molecule has 0 N–H and O–H groups in total. The molecule has 1 aliphatic heterocycles. The summed E-state index contributed by atoms with van der Waals surface area (Å²) in [5.74, 6) is 0. The molecule has 0 radical (unpaired) electrons. The zero-order valence-electron chi connectivity index (χ0n) is 11.3. The van der Waals surface area contributed by atoms with Crippen molar-refractivity contribution in [2.75, 3.05) is 11.4 Å². The maximum Gasteiger partial charge on any atom is 0.103 e. The smallest absolute Gasteiger partial charge is 0.103 e. The molecule has 0 aliphatic carbocycles. The minimum Gasteiger partial charge on any atom is -0.365 e. The van der Waals surface area contributed by atoms with Gasteiger partial charge in [0.25, 0.3) is 0 Å². The number of pyridine rings is 1. The van der Waals surface area contributed by atoms with Gasteiger partial charge in [0.2, 0.25) is 0 Å². The number of hydrogen-bond acceptors (Lipinski definition) is 3. The van der Waals surface area contributed by atoms with Gasteiger partial charge in [0, 0.05) is 23.7 Å². The van der Waals surface area contributed by atoms with Gasteiger partial charge in [0.1, 0.15) is 6.07 Å². The number of nitrogens with zero attached hydrogens (tertiary/aromatic N) is 3. The Balaban J connectivity index is 2.29. The summed E-state index contributed by atoms with van der Waals surface area (Å²) in [6, 6.07) is 10.4. The molecule has 1 saturated heterocycles. The second kappa shape index (κ2) is 4.24. The fraction of sp³-hybridized carbons (Fsp3) is 0.375. The van der Waals surface area contributed by atoms with E-state index in [2.05, 4.69) is 35.9 Å². The summed E-state index contributed by atoms with van der Waals surface area (Å²) < 4.78 is 0. The first-order valence-electron chi connectivity index (χ1n) is 6.69. The SMILES string of the molecule is CC1(C)CCCN1c1c(C#N)cnc2ccccc12. The van der Waals surface area contributed by atoms with Gasteiger partial charge in [-0.1, -0.05) is 18.2 Å². The molecule has 96 valence electrons. The molecule has 0 unspecified atom stereocenters. The van der Waals surface area contributed by atoms with Crippen LogP contribution in [-0.2, 0) is 0 Å². The lowest BCUT2D eigenvalue weighted by Crippen LogP contribution is -2.38. The summed E-state index contributed by atoms with van der Waals surface area (Å²) in [4.78, 5) is 6.75.